The average Bonchev–Trinajstić information content (AvgIpc) is 2.85. The van der Waals surface area contributed by atoms with Gasteiger partial charge in [0.15, 0.2) is 0 Å². The molecule has 1 aromatic carbocycles. The molecule has 0 unspecified atom stereocenters. The quantitative estimate of drug-likeness (QED) is 0.819. The minimum atomic E-state index is 0.551. The number of nitrogens with zero attached hydrogens (tertiary/aromatic N) is 1. The summed E-state index contributed by atoms with van der Waals surface area (Å²) in [5.74, 6) is 1.37. The smallest absolute Gasteiger partial charge is 0.0469 e. The number of aromatic amines is 1. The van der Waals surface area contributed by atoms with Gasteiger partial charge in [-0.25, -0.2) is 0 Å². The maximum atomic E-state index is 4.44. The van der Waals surface area contributed by atoms with E-state index in [9.17, 15) is 0 Å². The van der Waals surface area contributed by atoms with Crippen LogP contribution in [0.15, 0.2) is 30.8 Å². The van der Waals surface area contributed by atoms with Gasteiger partial charge in [0.05, 0.1) is 0 Å². The number of piperidine rings is 1. The lowest BCUT2D eigenvalue weighted by Crippen LogP contribution is -2.44. The van der Waals surface area contributed by atoms with E-state index in [2.05, 4.69) is 54.7 Å². The number of fused-ring (bicyclic) bond motifs is 6. The van der Waals surface area contributed by atoms with Crippen LogP contribution in [0.4, 0.5) is 0 Å². The zero-order valence-corrected chi connectivity index (χ0v) is 12.3. The molecule has 1 fully saturated rings. The molecule has 1 N–H and O–H groups in total. The lowest BCUT2D eigenvalue weighted by molar-refractivity contribution is 0.0839. The largest absolute Gasteiger partial charge is 0.355 e. The topological polar surface area (TPSA) is 19.0 Å². The van der Waals surface area contributed by atoms with Crippen molar-refractivity contribution in [2.75, 3.05) is 13.6 Å². The number of likely N-dealkylation sites (tertiary alicyclic amines) is 1. The minimum Gasteiger partial charge on any atom is -0.355 e. The second-order valence-electron chi connectivity index (χ2n) is 6.38. The molecule has 3 atom stereocenters. The Bertz CT molecular complexity index is 682. The number of para-hydroxylation sites is 1. The minimum absolute atomic E-state index is 0.551. The van der Waals surface area contributed by atoms with Gasteiger partial charge in [0.25, 0.3) is 0 Å². The molecule has 1 aromatic heterocycles. The molecule has 2 heteroatoms. The van der Waals surface area contributed by atoms with Crippen molar-refractivity contribution < 1.29 is 0 Å². The van der Waals surface area contributed by atoms with Gasteiger partial charge in [-0.2, -0.15) is 0 Å². The molecule has 2 heterocycles. The van der Waals surface area contributed by atoms with Gasteiger partial charge < -0.3 is 4.98 Å². The van der Waals surface area contributed by atoms with Crippen molar-refractivity contribution in [1.29, 1.82) is 0 Å². The number of benzene rings is 1. The lowest BCUT2D eigenvalue weighted by Gasteiger charge is -2.48. The zero-order valence-electron chi connectivity index (χ0n) is 12.3. The van der Waals surface area contributed by atoms with E-state index in [4.69, 9.17) is 0 Å². The highest BCUT2D eigenvalue weighted by Gasteiger charge is 2.44. The van der Waals surface area contributed by atoms with Crippen molar-refractivity contribution in [3.8, 4) is 0 Å². The third kappa shape index (κ3) is 1.43. The van der Waals surface area contributed by atoms with Crippen molar-refractivity contribution in [2.24, 2.45) is 11.8 Å². The number of hydrogen-bond donors (Lipinski definition) is 1. The van der Waals surface area contributed by atoms with Gasteiger partial charge in [0.2, 0.25) is 0 Å². The molecule has 2 bridgehead atoms. The van der Waals surface area contributed by atoms with Crippen LogP contribution in [-0.2, 0) is 0 Å². The number of hydrogen-bond acceptors (Lipinski definition) is 1. The van der Waals surface area contributed by atoms with E-state index >= 15 is 0 Å². The van der Waals surface area contributed by atoms with Gasteiger partial charge in [-0.1, -0.05) is 38.1 Å². The van der Waals surface area contributed by atoms with Crippen LogP contribution < -0.4 is 0 Å². The predicted molar refractivity (Wildman–Crippen MR) is 84.6 cm³/mol. The molecule has 1 saturated heterocycles. The molecule has 20 heavy (non-hydrogen) atoms. The maximum absolute atomic E-state index is 4.44. The van der Waals surface area contributed by atoms with Crippen molar-refractivity contribution in [2.45, 2.75) is 25.8 Å². The van der Waals surface area contributed by atoms with Crippen molar-refractivity contribution in [3.05, 3.63) is 42.1 Å². The molecule has 104 valence electrons. The number of H-pyrrole nitrogens is 1. The average molecular weight is 266 g/mol. The van der Waals surface area contributed by atoms with Gasteiger partial charge in [0.1, 0.15) is 0 Å². The Hall–Kier alpha value is -1.54. The Labute approximate surface area is 120 Å². The van der Waals surface area contributed by atoms with E-state index in [1.165, 1.54) is 47.1 Å². The first kappa shape index (κ1) is 12.2. The Balaban J connectivity index is 2.03. The van der Waals surface area contributed by atoms with E-state index in [1.807, 2.05) is 0 Å². The molecule has 0 radical (unpaired) electrons. The molecule has 4 rings (SSSR count). The number of allylic oxidation sites excluding steroid dienone is 1. The van der Waals surface area contributed by atoms with Crippen LogP contribution in [0, 0.1) is 11.8 Å². The fourth-order valence-electron chi connectivity index (χ4n) is 4.53. The highest BCUT2D eigenvalue weighted by atomic mass is 15.1. The Kier molecular flexibility index (Phi) is 2.58. The van der Waals surface area contributed by atoms with Crippen LogP contribution in [0.25, 0.3) is 16.5 Å². The molecule has 0 saturated carbocycles. The molecule has 1 aliphatic heterocycles. The second-order valence-corrected chi connectivity index (χ2v) is 6.38. The van der Waals surface area contributed by atoms with Gasteiger partial charge >= 0.3 is 0 Å². The molecular formula is C18H22N2. The molecule has 2 aromatic rings. The summed E-state index contributed by atoms with van der Waals surface area (Å²) in [5.41, 5.74) is 5.41. The number of rotatable bonds is 1. The van der Waals surface area contributed by atoms with Crippen molar-refractivity contribution in [1.82, 2.24) is 9.88 Å². The number of aromatic nitrogens is 1. The fraction of sp³-hybridized carbons (Fsp3) is 0.444. The number of nitrogens with one attached hydrogen (secondary N) is 1. The standard InChI is InChI=1S/C18H22N2/c1-4-12-13-9-10-20(3)18(12)16-14-7-5-6-8-15(14)19-17(16)11(13)2/h5-8,12-13,18-19H,2,4,9-10H2,1,3H3/t12-,13+,18-/m0/s1. The van der Waals surface area contributed by atoms with Crippen LogP contribution in [0.1, 0.15) is 37.1 Å². The van der Waals surface area contributed by atoms with Gasteiger partial charge in [0, 0.05) is 28.2 Å². The van der Waals surface area contributed by atoms with E-state index in [0.717, 1.165) is 0 Å². The van der Waals surface area contributed by atoms with E-state index in [0.29, 0.717) is 17.9 Å². The first-order valence-electron chi connectivity index (χ1n) is 7.72. The summed E-state index contributed by atoms with van der Waals surface area (Å²) >= 11 is 0. The normalized spacial score (nSPS) is 29.7. The maximum Gasteiger partial charge on any atom is 0.0469 e. The van der Waals surface area contributed by atoms with Crippen molar-refractivity contribution >= 4 is 16.5 Å². The van der Waals surface area contributed by atoms with Crippen LogP contribution >= 0.6 is 0 Å². The van der Waals surface area contributed by atoms with E-state index < -0.39 is 0 Å². The Morgan fingerprint density at radius 1 is 1.35 bits per heavy atom. The molecule has 1 aliphatic carbocycles. The highest BCUT2D eigenvalue weighted by molar-refractivity contribution is 5.91. The summed E-state index contributed by atoms with van der Waals surface area (Å²) in [4.78, 5) is 6.19. The molecular weight excluding hydrogens is 244 g/mol. The van der Waals surface area contributed by atoms with E-state index in [1.54, 1.807) is 0 Å². The van der Waals surface area contributed by atoms with Gasteiger partial charge in [-0.05, 0) is 43.5 Å². The summed E-state index contributed by atoms with van der Waals surface area (Å²) in [7, 11) is 2.28. The molecule has 2 nitrogen and oxygen atoms in total. The third-order valence-electron chi connectivity index (χ3n) is 5.47. The monoisotopic (exact) mass is 266 g/mol. The van der Waals surface area contributed by atoms with Crippen molar-refractivity contribution in [3.63, 3.8) is 0 Å². The second kappa shape index (κ2) is 4.23. The summed E-state index contributed by atoms with van der Waals surface area (Å²) in [6, 6.07) is 9.25. The van der Waals surface area contributed by atoms with Gasteiger partial charge in [-0.15, -0.1) is 0 Å². The van der Waals surface area contributed by atoms with Crippen LogP contribution in [0.5, 0.6) is 0 Å². The van der Waals surface area contributed by atoms with Crippen LogP contribution in [0.2, 0.25) is 0 Å². The predicted octanol–water partition coefficient (Wildman–Crippen LogP) is 4.21. The van der Waals surface area contributed by atoms with Crippen LogP contribution in [-0.4, -0.2) is 23.5 Å². The molecule has 0 amide bonds. The first-order chi connectivity index (χ1) is 9.72. The third-order valence-corrected chi connectivity index (χ3v) is 5.47. The Morgan fingerprint density at radius 2 is 2.15 bits per heavy atom. The summed E-state index contributed by atoms with van der Waals surface area (Å²) in [6.45, 7) is 7.96. The molecule has 2 aliphatic rings. The molecule has 0 spiro atoms. The Morgan fingerprint density at radius 3 is 2.95 bits per heavy atom. The lowest BCUT2D eigenvalue weighted by atomic mass is 9.66. The van der Waals surface area contributed by atoms with E-state index in [-0.39, 0.29) is 0 Å². The SMILES string of the molecule is C=C1c2[nH]c3ccccc3c2[C@@H]2[C@@H](CC)[C@@H]1CCN2C. The zero-order chi connectivity index (χ0) is 13.9. The summed E-state index contributed by atoms with van der Waals surface area (Å²) in [5, 5.41) is 1.39. The summed E-state index contributed by atoms with van der Waals surface area (Å²) in [6.07, 6.45) is 2.48. The highest BCUT2D eigenvalue weighted by Crippen LogP contribution is 2.53. The fourth-order valence-corrected chi connectivity index (χ4v) is 4.53. The van der Waals surface area contributed by atoms with Gasteiger partial charge in [-0.3, -0.25) is 4.90 Å². The van der Waals surface area contributed by atoms with Crippen LogP contribution in [0.3, 0.4) is 0 Å². The first-order valence-corrected chi connectivity index (χ1v) is 7.72. The summed E-state index contributed by atoms with van der Waals surface area (Å²) < 4.78 is 0.